The molecule has 1 aromatic rings. The van der Waals surface area contributed by atoms with Crippen molar-refractivity contribution in [3.05, 3.63) is 35.4 Å². The summed E-state index contributed by atoms with van der Waals surface area (Å²) in [6, 6.07) is 10.6. The lowest BCUT2D eigenvalue weighted by molar-refractivity contribution is 0.202. The predicted octanol–water partition coefficient (Wildman–Crippen LogP) is 2.73. The summed E-state index contributed by atoms with van der Waals surface area (Å²) in [4.78, 5) is 2.06. The van der Waals surface area contributed by atoms with Crippen LogP contribution in [0.2, 0.25) is 0 Å². The molecule has 0 amide bonds. The molecule has 80 valence electrons. The van der Waals surface area contributed by atoms with Crippen LogP contribution in [0.4, 0.5) is 0 Å². The zero-order valence-electron chi connectivity index (χ0n) is 9.91. The fraction of sp³-hybridized carbons (Fsp3) is 0.462. The van der Waals surface area contributed by atoms with Crippen molar-refractivity contribution in [1.29, 1.82) is 5.26 Å². The van der Waals surface area contributed by atoms with Gasteiger partial charge in [-0.25, -0.2) is 0 Å². The number of hydrogen-bond donors (Lipinski definition) is 0. The molecule has 0 spiro atoms. The van der Waals surface area contributed by atoms with Crippen LogP contribution in [0.25, 0.3) is 0 Å². The molecule has 0 N–H and O–H groups in total. The Morgan fingerprint density at radius 1 is 1.33 bits per heavy atom. The van der Waals surface area contributed by atoms with Crippen molar-refractivity contribution < 1.29 is 0 Å². The fourth-order valence-corrected chi connectivity index (χ4v) is 1.33. The second-order valence-corrected chi connectivity index (χ2v) is 4.45. The molecule has 2 nitrogen and oxygen atoms in total. The molecular formula is C13H18N2. The van der Waals surface area contributed by atoms with Gasteiger partial charge in [-0.1, -0.05) is 24.3 Å². The van der Waals surface area contributed by atoms with Crippen molar-refractivity contribution in [2.75, 3.05) is 7.05 Å². The molecule has 0 aliphatic rings. The van der Waals surface area contributed by atoms with Crippen LogP contribution in [-0.4, -0.2) is 17.5 Å². The van der Waals surface area contributed by atoms with Gasteiger partial charge in [-0.05, 0) is 38.9 Å². The Morgan fingerprint density at radius 2 is 1.93 bits per heavy atom. The largest absolute Gasteiger partial charge is 0.285 e. The molecule has 15 heavy (non-hydrogen) atoms. The Morgan fingerprint density at radius 3 is 2.47 bits per heavy atom. The van der Waals surface area contributed by atoms with Gasteiger partial charge in [-0.15, -0.1) is 0 Å². The number of benzene rings is 1. The summed E-state index contributed by atoms with van der Waals surface area (Å²) in [6.07, 6.45) is 0. The van der Waals surface area contributed by atoms with E-state index in [4.69, 9.17) is 5.26 Å². The third kappa shape index (κ3) is 2.81. The van der Waals surface area contributed by atoms with Crippen LogP contribution in [0.15, 0.2) is 24.3 Å². The molecule has 0 fully saturated rings. The summed E-state index contributed by atoms with van der Waals surface area (Å²) in [5, 5.41) is 9.02. The summed E-state index contributed by atoms with van der Waals surface area (Å²) in [7, 11) is 1.98. The van der Waals surface area contributed by atoms with E-state index in [0.29, 0.717) is 0 Å². The van der Waals surface area contributed by atoms with Crippen molar-refractivity contribution in [3.63, 3.8) is 0 Å². The summed E-state index contributed by atoms with van der Waals surface area (Å²) in [5.74, 6) is 0. The van der Waals surface area contributed by atoms with Crippen molar-refractivity contribution in [2.24, 2.45) is 0 Å². The first-order valence-electron chi connectivity index (χ1n) is 5.14. The van der Waals surface area contributed by atoms with Crippen molar-refractivity contribution >= 4 is 0 Å². The molecule has 0 atom stereocenters. The first-order chi connectivity index (χ1) is 6.97. The van der Waals surface area contributed by atoms with Crippen LogP contribution in [0, 0.1) is 18.3 Å². The first-order valence-corrected chi connectivity index (χ1v) is 5.14. The van der Waals surface area contributed by atoms with Gasteiger partial charge in [0.05, 0.1) is 6.07 Å². The SMILES string of the molecule is Cc1ccccc1CN(C)C(C)(C)C#N. The molecule has 0 aromatic heterocycles. The second kappa shape index (κ2) is 4.46. The minimum atomic E-state index is -0.414. The summed E-state index contributed by atoms with van der Waals surface area (Å²) in [5.41, 5.74) is 2.14. The normalized spacial score (nSPS) is 11.5. The average Bonchev–Trinajstić information content (AvgIpc) is 2.21. The van der Waals surface area contributed by atoms with E-state index >= 15 is 0 Å². The smallest absolute Gasteiger partial charge is 0.103 e. The third-order valence-electron chi connectivity index (χ3n) is 2.90. The zero-order chi connectivity index (χ0) is 11.5. The van der Waals surface area contributed by atoms with E-state index in [1.807, 2.05) is 33.0 Å². The Labute approximate surface area is 92.1 Å². The van der Waals surface area contributed by atoms with Crippen molar-refractivity contribution in [2.45, 2.75) is 32.9 Å². The van der Waals surface area contributed by atoms with Crippen LogP contribution >= 0.6 is 0 Å². The quantitative estimate of drug-likeness (QED) is 0.753. The van der Waals surface area contributed by atoms with Gasteiger partial charge in [0.25, 0.3) is 0 Å². The Kier molecular flexibility index (Phi) is 3.49. The molecular weight excluding hydrogens is 184 g/mol. The molecule has 0 aliphatic heterocycles. The van der Waals surface area contributed by atoms with Gasteiger partial charge in [-0.2, -0.15) is 5.26 Å². The summed E-state index contributed by atoms with van der Waals surface area (Å²) in [6.45, 7) is 6.78. The molecule has 1 aromatic carbocycles. The van der Waals surface area contributed by atoms with Crippen LogP contribution in [0.3, 0.4) is 0 Å². The van der Waals surface area contributed by atoms with Gasteiger partial charge in [0.15, 0.2) is 0 Å². The van der Waals surface area contributed by atoms with Gasteiger partial charge in [-0.3, -0.25) is 4.90 Å². The predicted molar refractivity (Wildman–Crippen MR) is 62.3 cm³/mol. The van der Waals surface area contributed by atoms with Crippen LogP contribution in [0.5, 0.6) is 0 Å². The van der Waals surface area contributed by atoms with E-state index in [2.05, 4.69) is 30.0 Å². The van der Waals surface area contributed by atoms with E-state index in [1.165, 1.54) is 11.1 Å². The van der Waals surface area contributed by atoms with E-state index in [-0.39, 0.29) is 0 Å². The van der Waals surface area contributed by atoms with Gasteiger partial charge in [0, 0.05) is 6.54 Å². The number of rotatable bonds is 3. The number of nitriles is 1. The molecule has 2 heteroatoms. The number of nitrogens with zero attached hydrogens (tertiary/aromatic N) is 2. The number of aryl methyl sites for hydroxylation is 1. The minimum absolute atomic E-state index is 0.414. The zero-order valence-corrected chi connectivity index (χ0v) is 9.91. The lowest BCUT2D eigenvalue weighted by Crippen LogP contribution is -2.39. The second-order valence-electron chi connectivity index (χ2n) is 4.45. The number of hydrogen-bond acceptors (Lipinski definition) is 2. The molecule has 1 rings (SSSR count). The lowest BCUT2D eigenvalue weighted by Gasteiger charge is -2.29. The van der Waals surface area contributed by atoms with E-state index in [0.717, 1.165) is 6.54 Å². The topological polar surface area (TPSA) is 27.0 Å². The standard InChI is InChI=1S/C13H18N2/c1-11-7-5-6-8-12(11)9-15(4)13(2,3)10-14/h5-8H,9H2,1-4H3. The van der Waals surface area contributed by atoms with Gasteiger partial charge < -0.3 is 0 Å². The van der Waals surface area contributed by atoms with E-state index in [1.54, 1.807) is 0 Å². The molecule has 0 saturated heterocycles. The van der Waals surface area contributed by atoms with Crippen LogP contribution in [0.1, 0.15) is 25.0 Å². The monoisotopic (exact) mass is 202 g/mol. The Balaban J connectivity index is 2.80. The first kappa shape index (κ1) is 11.7. The highest BCUT2D eigenvalue weighted by Crippen LogP contribution is 2.16. The Hall–Kier alpha value is -1.33. The highest BCUT2D eigenvalue weighted by molar-refractivity contribution is 5.25. The van der Waals surface area contributed by atoms with Crippen molar-refractivity contribution in [3.8, 4) is 6.07 Å². The van der Waals surface area contributed by atoms with Crippen LogP contribution < -0.4 is 0 Å². The van der Waals surface area contributed by atoms with Gasteiger partial charge in [0.2, 0.25) is 0 Å². The average molecular weight is 202 g/mol. The van der Waals surface area contributed by atoms with Crippen molar-refractivity contribution in [1.82, 2.24) is 4.90 Å². The van der Waals surface area contributed by atoms with Crippen LogP contribution in [-0.2, 0) is 6.54 Å². The molecule has 0 bridgehead atoms. The molecule has 0 saturated carbocycles. The van der Waals surface area contributed by atoms with E-state index < -0.39 is 5.54 Å². The molecule has 0 heterocycles. The van der Waals surface area contributed by atoms with Gasteiger partial charge >= 0.3 is 0 Å². The maximum absolute atomic E-state index is 9.02. The van der Waals surface area contributed by atoms with E-state index in [9.17, 15) is 0 Å². The fourth-order valence-electron chi connectivity index (χ4n) is 1.33. The Bertz CT molecular complexity index is 374. The third-order valence-corrected chi connectivity index (χ3v) is 2.90. The summed E-state index contributed by atoms with van der Waals surface area (Å²) >= 11 is 0. The highest BCUT2D eigenvalue weighted by Gasteiger charge is 2.22. The maximum Gasteiger partial charge on any atom is 0.103 e. The van der Waals surface area contributed by atoms with Gasteiger partial charge in [0.1, 0.15) is 5.54 Å². The summed E-state index contributed by atoms with van der Waals surface area (Å²) < 4.78 is 0. The lowest BCUT2D eigenvalue weighted by atomic mass is 10.0. The molecule has 0 radical (unpaired) electrons. The molecule has 0 unspecified atom stereocenters. The highest BCUT2D eigenvalue weighted by atomic mass is 15.2. The molecule has 0 aliphatic carbocycles. The maximum atomic E-state index is 9.02. The minimum Gasteiger partial charge on any atom is -0.285 e.